The van der Waals surface area contributed by atoms with E-state index in [2.05, 4.69) is 21.3 Å². The summed E-state index contributed by atoms with van der Waals surface area (Å²) in [5, 5.41) is 6.88. The molecule has 0 aliphatic carbocycles. The molecule has 2 rings (SSSR count). The molecule has 0 spiro atoms. The average molecular weight is 180 g/mol. The van der Waals surface area contributed by atoms with Gasteiger partial charge in [-0.3, -0.25) is 10.00 Å². The quantitative estimate of drug-likeness (QED) is 0.723. The fourth-order valence-electron chi connectivity index (χ4n) is 1.62. The molecule has 2 heterocycles. The van der Waals surface area contributed by atoms with Gasteiger partial charge in [-0.1, -0.05) is 0 Å². The van der Waals surface area contributed by atoms with Gasteiger partial charge < -0.3 is 4.74 Å². The maximum atomic E-state index is 5.04. The number of hydrogen-bond acceptors (Lipinski definition) is 3. The summed E-state index contributed by atoms with van der Waals surface area (Å²) >= 11 is 0. The largest absolute Gasteiger partial charge is 0.383 e. The fourth-order valence-corrected chi connectivity index (χ4v) is 1.62. The van der Waals surface area contributed by atoms with Gasteiger partial charge in [0.25, 0.3) is 0 Å². The van der Waals surface area contributed by atoms with Crippen LogP contribution in [0.25, 0.3) is 0 Å². The van der Waals surface area contributed by atoms with Crippen LogP contribution in [-0.2, 0) is 17.7 Å². The van der Waals surface area contributed by atoms with E-state index in [1.165, 1.54) is 11.3 Å². The zero-order chi connectivity index (χ0) is 9.10. The number of H-pyrrole nitrogens is 1. The van der Waals surface area contributed by atoms with Crippen molar-refractivity contribution in [1.29, 1.82) is 0 Å². The Kier molecular flexibility index (Phi) is 2.61. The molecule has 1 aromatic rings. The second-order valence-electron chi connectivity index (χ2n) is 3.31. The van der Waals surface area contributed by atoms with E-state index in [1.807, 2.05) is 0 Å². The van der Waals surface area contributed by atoms with Crippen molar-refractivity contribution in [2.24, 2.45) is 0 Å². The van der Waals surface area contributed by atoms with Crippen molar-refractivity contribution in [1.82, 2.24) is 15.1 Å². The number of nitrogens with one attached hydrogen (secondary N) is 1. The molecule has 0 saturated heterocycles. The van der Waals surface area contributed by atoms with Crippen molar-refractivity contribution in [3.8, 4) is 0 Å². The molecule has 1 aromatic heterocycles. The molecule has 0 saturated carbocycles. The van der Waals surface area contributed by atoms with Crippen molar-refractivity contribution >= 4 is 0 Å². The summed E-state index contributed by atoms with van der Waals surface area (Å²) in [6, 6.07) is 0. The Morgan fingerprint density at radius 3 is 3.46 bits per heavy atom. The summed E-state index contributed by atoms with van der Waals surface area (Å²) in [5.74, 6) is 0. The minimum Gasteiger partial charge on any atom is -0.383 e. The number of fused-ring (bicyclic) bond motifs is 1. The average Bonchev–Trinajstić information content (AvgIpc) is 2.61. The van der Waals surface area contributed by atoms with Crippen molar-refractivity contribution in [3.05, 3.63) is 17.5 Å². The molecule has 13 heavy (non-hydrogen) atoms. The van der Waals surface area contributed by atoms with Gasteiger partial charge in [-0.15, -0.1) is 0 Å². The van der Waals surface area contributed by atoms with Crippen molar-refractivity contribution < 1.29 is 4.74 Å². The second-order valence-corrected chi connectivity index (χ2v) is 3.31. The topological polar surface area (TPSA) is 41.1 Å². The predicted molar refractivity (Wildman–Crippen MR) is 48.3 cm³/mol. The summed E-state index contributed by atoms with van der Waals surface area (Å²) < 4.78 is 5.04. The van der Waals surface area contributed by atoms with Crippen molar-refractivity contribution in [3.63, 3.8) is 0 Å². The zero-order valence-corrected chi connectivity index (χ0v) is 7.84. The standard InChI is InChI=1S/C9H14N3O/c1-13-5-4-12-3-2-9-8(7-12)6-10-11-9/h2-5,7H2,1H3,(H,10,11). The number of rotatable bonds is 3. The van der Waals surface area contributed by atoms with E-state index in [0.717, 1.165) is 32.7 Å². The minimum atomic E-state index is 0.799. The normalized spacial score (nSPS) is 17.3. The molecule has 1 N–H and O–H groups in total. The van der Waals surface area contributed by atoms with E-state index in [9.17, 15) is 0 Å². The number of methoxy groups -OCH3 is 1. The highest BCUT2D eigenvalue weighted by atomic mass is 16.5. The number of aromatic amines is 1. The van der Waals surface area contributed by atoms with Crippen LogP contribution in [0.5, 0.6) is 0 Å². The highest BCUT2D eigenvalue weighted by molar-refractivity contribution is 5.17. The third-order valence-electron chi connectivity index (χ3n) is 2.42. The Morgan fingerprint density at radius 2 is 2.62 bits per heavy atom. The van der Waals surface area contributed by atoms with E-state index in [0.29, 0.717) is 0 Å². The van der Waals surface area contributed by atoms with Crippen LogP contribution in [-0.4, -0.2) is 41.9 Å². The highest BCUT2D eigenvalue weighted by Crippen LogP contribution is 2.14. The maximum Gasteiger partial charge on any atom is 0.117 e. The van der Waals surface area contributed by atoms with Crippen LogP contribution < -0.4 is 0 Å². The Morgan fingerprint density at radius 1 is 1.69 bits per heavy atom. The first-order valence-corrected chi connectivity index (χ1v) is 4.55. The van der Waals surface area contributed by atoms with Crippen LogP contribution in [0.15, 0.2) is 0 Å². The fraction of sp³-hybridized carbons (Fsp3) is 0.667. The third kappa shape index (κ3) is 1.89. The van der Waals surface area contributed by atoms with Gasteiger partial charge in [0.2, 0.25) is 0 Å². The van der Waals surface area contributed by atoms with Crippen molar-refractivity contribution in [2.75, 3.05) is 26.8 Å². The van der Waals surface area contributed by atoms with E-state index >= 15 is 0 Å². The minimum absolute atomic E-state index is 0.799. The van der Waals surface area contributed by atoms with Gasteiger partial charge in [0.1, 0.15) is 6.20 Å². The van der Waals surface area contributed by atoms with Gasteiger partial charge in [-0.25, -0.2) is 0 Å². The molecule has 0 amide bonds. The number of ether oxygens (including phenoxy) is 1. The van der Waals surface area contributed by atoms with Crippen LogP contribution in [0, 0.1) is 6.20 Å². The lowest BCUT2D eigenvalue weighted by Gasteiger charge is -2.25. The van der Waals surface area contributed by atoms with E-state index in [1.54, 1.807) is 7.11 Å². The van der Waals surface area contributed by atoms with Crippen molar-refractivity contribution in [2.45, 2.75) is 13.0 Å². The molecule has 4 nitrogen and oxygen atoms in total. The lowest BCUT2D eigenvalue weighted by atomic mass is 10.1. The Balaban J connectivity index is 1.93. The molecule has 0 atom stereocenters. The van der Waals surface area contributed by atoms with Crippen LogP contribution in [0.3, 0.4) is 0 Å². The smallest absolute Gasteiger partial charge is 0.117 e. The number of hydrogen-bond donors (Lipinski definition) is 1. The molecule has 71 valence electrons. The lowest BCUT2D eigenvalue weighted by Crippen LogP contribution is -2.32. The molecule has 1 aliphatic heterocycles. The lowest BCUT2D eigenvalue weighted by molar-refractivity contribution is 0.140. The van der Waals surface area contributed by atoms with E-state index < -0.39 is 0 Å². The summed E-state index contributed by atoms with van der Waals surface area (Å²) in [5.41, 5.74) is 2.45. The van der Waals surface area contributed by atoms with E-state index in [-0.39, 0.29) is 0 Å². The summed E-state index contributed by atoms with van der Waals surface area (Å²) in [4.78, 5) is 2.36. The SMILES string of the molecule is COCCN1CCc2[nH]n[c]c2C1. The molecule has 0 aromatic carbocycles. The molecule has 0 bridgehead atoms. The first kappa shape index (κ1) is 8.72. The first-order chi connectivity index (χ1) is 6.40. The second kappa shape index (κ2) is 3.89. The van der Waals surface area contributed by atoms with Crippen LogP contribution in [0.1, 0.15) is 11.3 Å². The van der Waals surface area contributed by atoms with Gasteiger partial charge in [0.05, 0.1) is 6.61 Å². The monoisotopic (exact) mass is 180 g/mol. The Labute approximate surface area is 77.9 Å². The third-order valence-corrected chi connectivity index (χ3v) is 2.42. The summed E-state index contributed by atoms with van der Waals surface area (Å²) in [6.07, 6.45) is 4.03. The van der Waals surface area contributed by atoms with Gasteiger partial charge in [0.15, 0.2) is 0 Å². The summed E-state index contributed by atoms with van der Waals surface area (Å²) in [6.45, 7) is 3.84. The maximum absolute atomic E-state index is 5.04. The number of aromatic nitrogens is 2. The van der Waals surface area contributed by atoms with Gasteiger partial charge >= 0.3 is 0 Å². The zero-order valence-electron chi connectivity index (χ0n) is 7.84. The van der Waals surface area contributed by atoms with E-state index in [4.69, 9.17) is 4.74 Å². The Hall–Kier alpha value is -0.870. The van der Waals surface area contributed by atoms with Gasteiger partial charge in [-0.2, -0.15) is 5.10 Å². The number of nitrogens with zero attached hydrogens (tertiary/aromatic N) is 2. The Bertz CT molecular complexity index is 272. The molecular formula is C9H14N3O. The first-order valence-electron chi connectivity index (χ1n) is 4.55. The molecule has 1 aliphatic rings. The van der Waals surface area contributed by atoms with Gasteiger partial charge in [0, 0.05) is 44.4 Å². The van der Waals surface area contributed by atoms with Gasteiger partial charge in [-0.05, 0) is 0 Å². The van der Waals surface area contributed by atoms with Crippen LogP contribution in [0.4, 0.5) is 0 Å². The van der Waals surface area contributed by atoms with Crippen LogP contribution in [0.2, 0.25) is 0 Å². The highest BCUT2D eigenvalue weighted by Gasteiger charge is 2.17. The molecular weight excluding hydrogens is 166 g/mol. The van der Waals surface area contributed by atoms with Crippen LogP contribution >= 0.6 is 0 Å². The molecule has 0 fully saturated rings. The molecule has 1 radical (unpaired) electrons. The predicted octanol–water partition coefficient (Wildman–Crippen LogP) is 0.214. The summed E-state index contributed by atoms with van der Waals surface area (Å²) in [7, 11) is 1.74. The molecule has 0 unspecified atom stereocenters. The molecule has 4 heteroatoms.